The first-order chi connectivity index (χ1) is 16.7. The van der Waals surface area contributed by atoms with Crippen molar-refractivity contribution in [1.82, 2.24) is 14.9 Å². The molecule has 186 valence electrons. The van der Waals surface area contributed by atoms with Gasteiger partial charge in [-0.05, 0) is 51.6 Å². The van der Waals surface area contributed by atoms with E-state index < -0.39 is 0 Å². The second-order valence-corrected chi connectivity index (χ2v) is 10.3. The smallest absolute Gasteiger partial charge is 0.246 e. The van der Waals surface area contributed by atoms with Crippen molar-refractivity contribution < 1.29 is 9.59 Å². The quantitative estimate of drug-likeness (QED) is 0.526. The monoisotopic (exact) mass is 494 g/mol. The summed E-state index contributed by atoms with van der Waals surface area (Å²) in [5.41, 5.74) is 2.53. The third-order valence-corrected chi connectivity index (χ3v) is 7.78. The number of carbonyl (C=O) groups is 2. The van der Waals surface area contributed by atoms with Crippen LogP contribution in [0.4, 0.5) is 17.2 Å². The summed E-state index contributed by atoms with van der Waals surface area (Å²) in [5, 5.41) is 3.93. The molecule has 0 bridgehead atoms. The van der Waals surface area contributed by atoms with E-state index in [-0.39, 0.29) is 30.8 Å². The Morgan fingerprint density at radius 2 is 1.91 bits per heavy atom. The molecule has 0 saturated heterocycles. The molecular formula is C26H34N6O2S. The van der Waals surface area contributed by atoms with Gasteiger partial charge in [-0.2, -0.15) is 0 Å². The minimum absolute atomic E-state index is 0.0781. The predicted molar refractivity (Wildman–Crippen MR) is 143 cm³/mol. The summed E-state index contributed by atoms with van der Waals surface area (Å²) in [6.07, 6.45) is 0.249. The number of fused-ring (bicyclic) bond motifs is 2. The Hall–Kier alpha value is -3.04. The average Bonchev–Trinajstić information content (AvgIpc) is 3.02. The number of amides is 2. The van der Waals surface area contributed by atoms with Gasteiger partial charge in [-0.25, -0.2) is 9.97 Å². The summed E-state index contributed by atoms with van der Waals surface area (Å²) in [7, 11) is 1.91. The number of aromatic nitrogens is 2. The Balaban J connectivity index is 1.69. The van der Waals surface area contributed by atoms with Gasteiger partial charge in [0.1, 0.15) is 16.5 Å². The summed E-state index contributed by atoms with van der Waals surface area (Å²) in [6, 6.07) is 7.21. The molecule has 0 radical (unpaired) electrons. The number of nitrogens with zero attached hydrogens (tertiary/aromatic N) is 5. The highest BCUT2D eigenvalue weighted by Crippen LogP contribution is 2.36. The maximum atomic E-state index is 13.7. The van der Waals surface area contributed by atoms with Crippen LogP contribution in [0.2, 0.25) is 0 Å². The lowest BCUT2D eigenvalue weighted by atomic mass is 10.1. The average molecular weight is 495 g/mol. The number of anilines is 3. The van der Waals surface area contributed by atoms with Gasteiger partial charge >= 0.3 is 0 Å². The van der Waals surface area contributed by atoms with Gasteiger partial charge in [0, 0.05) is 24.4 Å². The fraction of sp³-hybridized carbons (Fsp3) is 0.462. The molecule has 0 saturated carbocycles. The van der Waals surface area contributed by atoms with Gasteiger partial charge in [-0.1, -0.05) is 26.0 Å². The normalized spacial score (nSPS) is 15.8. The van der Waals surface area contributed by atoms with Gasteiger partial charge < -0.3 is 15.1 Å². The van der Waals surface area contributed by atoms with E-state index in [0.717, 1.165) is 46.2 Å². The largest absolute Gasteiger partial charge is 0.350 e. The maximum absolute atomic E-state index is 13.7. The minimum atomic E-state index is -0.256. The fourth-order valence-corrected chi connectivity index (χ4v) is 5.63. The van der Waals surface area contributed by atoms with Crippen LogP contribution in [0.15, 0.2) is 24.3 Å². The van der Waals surface area contributed by atoms with Gasteiger partial charge in [0.05, 0.1) is 29.9 Å². The van der Waals surface area contributed by atoms with Gasteiger partial charge in [0.15, 0.2) is 0 Å². The maximum Gasteiger partial charge on any atom is 0.246 e. The molecule has 1 aliphatic rings. The molecule has 0 fully saturated rings. The zero-order valence-corrected chi connectivity index (χ0v) is 22.2. The van der Waals surface area contributed by atoms with Gasteiger partial charge in [-0.3, -0.25) is 14.5 Å². The number of thiophene rings is 1. The van der Waals surface area contributed by atoms with E-state index in [1.54, 1.807) is 16.2 Å². The molecule has 8 nitrogen and oxygen atoms in total. The van der Waals surface area contributed by atoms with Crippen LogP contribution in [0.3, 0.4) is 0 Å². The van der Waals surface area contributed by atoms with E-state index in [4.69, 9.17) is 9.97 Å². The molecule has 1 N–H and O–H groups in total. The molecule has 1 atom stereocenters. The van der Waals surface area contributed by atoms with Crippen LogP contribution >= 0.6 is 11.3 Å². The molecule has 4 rings (SSSR count). The zero-order chi connectivity index (χ0) is 25.3. The van der Waals surface area contributed by atoms with Crippen molar-refractivity contribution in [1.29, 1.82) is 0 Å². The molecule has 0 spiro atoms. The van der Waals surface area contributed by atoms with Gasteiger partial charge in [0.2, 0.25) is 11.8 Å². The topological polar surface area (TPSA) is 81.7 Å². The van der Waals surface area contributed by atoms with Crippen LogP contribution in [0.25, 0.3) is 10.2 Å². The standard InChI is InChI=1S/C26H34N6O2S/c1-7-31(8-2)14-21-28-25(24-17(4)18(5)35-26(24)29-21)30(6)15-23(34)32-16(3)13-22(33)27-19-11-9-10-12-20(19)32/h9-12,16H,7-8,13-15H2,1-6H3,(H,27,33). The molecule has 2 amide bonds. The number of hydrogen-bond acceptors (Lipinski definition) is 7. The summed E-state index contributed by atoms with van der Waals surface area (Å²) >= 11 is 1.67. The van der Waals surface area contributed by atoms with Crippen molar-refractivity contribution in [2.45, 2.75) is 53.6 Å². The number of benzene rings is 1. The van der Waals surface area contributed by atoms with Crippen LogP contribution in [0.1, 0.15) is 43.5 Å². The Labute approximate surface area is 211 Å². The molecule has 0 aliphatic carbocycles. The van der Waals surface area contributed by atoms with Crippen molar-refractivity contribution in [2.24, 2.45) is 0 Å². The Kier molecular flexibility index (Phi) is 7.37. The van der Waals surface area contributed by atoms with E-state index in [2.05, 4.69) is 37.9 Å². The second-order valence-electron chi connectivity index (χ2n) is 9.13. The lowest BCUT2D eigenvalue weighted by molar-refractivity contribution is -0.118. The molecule has 1 unspecified atom stereocenters. The number of likely N-dealkylation sites (N-methyl/N-ethyl adjacent to an activating group) is 1. The SMILES string of the molecule is CCN(CC)Cc1nc(N(C)CC(=O)N2c3ccccc3NC(=O)CC2C)c2c(C)c(C)sc2n1. The van der Waals surface area contributed by atoms with E-state index in [0.29, 0.717) is 12.2 Å². The number of para-hydroxylation sites is 2. The molecular weight excluding hydrogens is 460 g/mol. The molecule has 3 aromatic rings. The van der Waals surface area contributed by atoms with Crippen molar-refractivity contribution in [2.75, 3.05) is 41.8 Å². The Morgan fingerprint density at radius 1 is 1.20 bits per heavy atom. The second kappa shape index (κ2) is 10.3. The first-order valence-electron chi connectivity index (χ1n) is 12.1. The number of hydrogen-bond donors (Lipinski definition) is 1. The third-order valence-electron chi connectivity index (χ3n) is 6.68. The summed E-state index contributed by atoms with van der Waals surface area (Å²) in [6.45, 7) is 13.0. The molecule has 1 aliphatic heterocycles. The number of rotatable bonds is 7. The van der Waals surface area contributed by atoms with Crippen molar-refractivity contribution in [3.8, 4) is 0 Å². The summed E-state index contributed by atoms with van der Waals surface area (Å²) in [4.78, 5) is 44.0. The molecule has 1 aromatic carbocycles. The molecule has 9 heteroatoms. The van der Waals surface area contributed by atoms with Gasteiger partial charge in [-0.15, -0.1) is 11.3 Å². The van der Waals surface area contributed by atoms with Crippen LogP contribution in [0, 0.1) is 13.8 Å². The van der Waals surface area contributed by atoms with Crippen LogP contribution < -0.4 is 15.1 Å². The Bertz CT molecular complexity index is 1250. The van der Waals surface area contributed by atoms with Crippen LogP contribution in [-0.4, -0.2) is 59.4 Å². The zero-order valence-electron chi connectivity index (χ0n) is 21.4. The lowest BCUT2D eigenvalue weighted by Crippen LogP contribution is -2.44. The van der Waals surface area contributed by atoms with Crippen molar-refractivity contribution >= 4 is 50.6 Å². The summed E-state index contributed by atoms with van der Waals surface area (Å²) in [5.74, 6) is 1.37. The molecule has 3 heterocycles. The fourth-order valence-electron chi connectivity index (χ4n) is 4.59. The van der Waals surface area contributed by atoms with Crippen LogP contribution in [-0.2, 0) is 16.1 Å². The minimum Gasteiger partial charge on any atom is -0.350 e. The molecule has 35 heavy (non-hydrogen) atoms. The number of nitrogens with one attached hydrogen (secondary N) is 1. The van der Waals surface area contributed by atoms with Crippen LogP contribution in [0.5, 0.6) is 0 Å². The highest BCUT2D eigenvalue weighted by molar-refractivity contribution is 7.18. The number of carbonyl (C=O) groups excluding carboxylic acids is 2. The first-order valence-corrected chi connectivity index (χ1v) is 13.0. The third kappa shape index (κ3) is 5.01. The number of aryl methyl sites for hydroxylation is 2. The molecule has 2 aromatic heterocycles. The highest BCUT2D eigenvalue weighted by Gasteiger charge is 2.30. The lowest BCUT2D eigenvalue weighted by Gasteiger charge is -2.30. The van der Waals surface area contributed by atoms with E-state index in [1.165, 1.54) is 4.88 Å². The van der Waals surface area contributed by atoms with E-state index >= 15 is 0 Å². The summed E-state index contributed by atoms with van der Waals surface area (Å²) < 4.78 is 0. The highest BCUT2D eigenvalue weighted by atomic mass is 32.1. The predicted octanol–water partition coefficient (Wildman–Crippen LogP) is 4.35. The van der Waals surface area contributed by atoms with Gasteiger partial charge in [0.25, 0.3) is 0 Å². The van der Waals surface area contributed by atoms with Crippen molar-refractivity contribution in [3.05, 3.63) is 40.5 Å². The van der Waals surface area contributed by atoms with E-state index in [9.17, 15) is 9.59 Å². The Morgan fingerprint density at radius 3 is 2.63 bits per heavy atom. The van der Waals surface area contributed by atoms with E-state index in [1.807, 2.05) is 43.1 Å². The van der Waals surface area contributed by atoms with Crippen molar-refractivity contribution in [3.63, 3.8) is 0 Å². The first kappa shape index (κ1) is 25.1.